The summed E-state index contributed by atoms with van der Waals surface area (Å²) in [6, 6.07) is 10.7. The zero-order valence-corrected chi connectivity index (χ0v) is 15.1. The molecule has 0 fully saturated rings. The molecular formula is C20H18F2N4O. The van der Waals surface area contributed by atoms with Crippen LogP contribution in [-0.2, 0) is 0 Å². The fourth-order valence-corrected chi connectivity index (χ4v) is 2.53. The van der Waals surface area contributed by atoms with Gasteiger partial charge in [-0.3, -0.25) is 4.79 Å². The first-order valence-electron chi connectivity index (χ1n) is 8.29. The largest absolute Gasteiger partial charge is 0.324 e. The second kappa shape index (κ2) is 7.49. The van der Waals surface area contributed by atoms with Crippen molar-refractivity contribution < 1.29 is 13.6 Å². The number of aromatic nitrogens is 2. The summed E-state index contributed by atoms with van der Waals surface area (Å²) in [7, 11) is 0. The van der Waals surface area contributed by atoms with E-state index in [9.17, 15) is 13.6 Å². The molecule has 0 aliphatic carbocycles. The smallest absolute Gasteiger partial charge is 0.274 e. The van der Waals surface area contributed by atoms with E-state index in [0.29, 0.717) is 5.69 Å². The first-order valence-corrected chi connectivity index (χ1v) is 8.29. The lowest BCUT2D eigenvalue weighted by Crippen LogP contribution is -2.17. The molecule has 0 atom stereocenters. The van der Waals surface area contributed by atoms with Crippen LogP contribution in [0.15, 0.2) is 42.5 Å². The Balaban J connectivity index is 1.89. The molecule has 27 heavy (non-hydrogen) atoms. The highest BCUT2D eigenvalue weighted by Crippen LogP contribution is 2.21. The average Bonchev–Trinajstić information content (AvgIpc) is 2.61. The van der Waals surface area contributed by atoms with E-state index < -0.39 is 23.2 Å². The van der Waals surface area contributed by atoms with Crippen LogP contribution in [-0.4, -0.2) is 15.9 Å². The topological polar surface area (TPSA) is 66.9 Å². The minimum atomic E-state index is -0.858. The molecule has 0 aliphatic heterocycles. The normalized spacial score (nSPS) is 10.6. The fraction of sp³-hybridized carbons (Fsp3) is 0.150. The van der Waals surface area contributed by atoms with Gasteiger partial charge in [-0.1, -0.05) is 18.2 Å². The number of halogens is 2. The third kappa shape index (κ3) is 4.25. The van der Waals surface area contributed by atoms with E-state index >= 15 is 0 Å². The number of carbonyl (C=O) groups excluding carboxylic acids is 1. The summed E-state index contributed by atoms with van der Waals surface area (Å²) in [5.74, 6) is -2.22. The SMILES string of the molecule is Cc1ccc(C)c(Nc2nc(C)cc(C(=O)Nc3c(F)cccc3F)n2)c1. The van der Waals surface area contributed by atoms with Gasteiger partial charge in [0, 0.05) is 11.4 Å². The first kappa shape index (κ1) is 18.4. The molecule has 2 N–H and O–H groups in total. The molecular weight excluding hydrogens is 350 g/mol. The van der Waals surface area contributed by atoms with Crippen LogP contribution in [0.25, 0.3) is 0 Å². The number of anilines is 3. The Morgan fingerprint density at radius 3 is 2.37 bits per heavy atom. The van der Waals surface area contributed by atoms with Crippen LogP contribution in [0.2, 0.25) is 0 Å². The Morgan fingerprint density at radius 1 is 0.963 bits per heavy atom. The lowest BCUT2D eigenvalue weighted by atomic mass is 10.1. The summed E-state index contributed by atoms with van der Waals surface area (Å²) >= 11 is 0. The Labute approximate surface area is 155 Å². The van der Waals surface area contributed by atoms with Crippen LogP contribution in [0.5, 0.6) is 0 Å². The van der Waals surface area contributed by atoms with Crippen molar-refractivity contribution in [3.05, 3.63) is 76.6 Å². The second-order valence-corrected chi connectivity index (χ2v) is 6.21. The van der Waals surface area contributed by atoms with Crippen molar-refractivity contribution in [3.63, 3.8) is 0 Å². The number of amides is 1. The number of hydrogen-bond acceptors (Lipinski definition) is 4. The van der Waals surface area contributed by atoms with E-state index in [4.69, 9.17) is 0 Å². The molecule has 0 unspecified atom stereocenters. The molecule has 2 aromatic carbocycles. The van der Waals surface area contributed by atoms with E-state index in [-0.39, 0.29) is 11.6 Å². The maximum absolute atomic E-state index is 13.8. The van der Waals surface area contributed by atoms with Crippen molar-refractivity contribution in [3.8, 4) is 0 Å². The van der Waals surface area contributed by atoms with E-state index in [1.54, 1.807) is 6.92 Å². The number of nitrogens with zero attached hydrogens (tertiary/aromatic N) is 2. The van der Waals surface area contributed by atoms with Crippen LogP contribution in [0, 0.1) is 32.4 Å². The van der Waals surface area contributed by atoms with Gasteiger partial charge in [0.05, 0.1) is 0 Å². The van der Waals surface area contributed by atoms with Crippen LogP contribution in [0.3, 0.4) is 0 Å². The van der Waals surface area contributed by atoms with E-state index in [1.165, 1.54) is 12.1 Å². The monoisotopic (exact) mass is 368 g/mol. The third-order valence-corrected chi connectivity index (χ3v) is 3.93. The maximum Gasteiger partial charge on any atom is 0.274 e. The van der Waals surface area contributed by atoms with Crippen molar-refractivity contribution in [1.29, 1.82) is 0 Å². The molecule has 1 aromatic heterocycles. The van der Waals surface area contributed by atoms with Crippen LogP contribution in [0.1, 0.15) is 27.3 Å². The van der Waals surface area contributed by atoms with Gasteiger partial charge in [0.1, 0.15) is 23.0 Å². The average molecular weight is 368 g/mol. The molecule has 3 aromatic rings. The minimum absolute atomic E-state index is 0.00189. The van der Waals surface area contributed by atoms with Crippen LogP contribution < -0.4 is 10.6 Å². The van der Waals surface area contributed by atoms with E-state index in [1.807, 2.05) is 32.0 Å². The fourth-order valence-electron chi connectivity index (χ4n) is 2.53. The van der Waals surface area contributed by atoms with Gasteiger partial charge >= 0.3 is 0 Å². The van der Waals surface area contributed by atoms with Crippen LogP contribution >= 0.6 is 0 Å². The maximum atomic E-state index is 13.8. The second-order valence-electron chi connectivity index (χ2n) is 6.21. The predicted octanol–water partition coefficient (Wildman–Crippen LogP) is 4.68. The summed E-state index contributed by atoms with van der Waals surface area (Å²) in [4.78, 5) is 20.9. The molecule has 0 spiro atoms. The lowest BCUT2D eigenvalue weighted by Gasteiger charge is -2.11. The van der Waals surface area contributed by atoms with Crippen molar-refractivity contribution in [2.75, 3.05) is 10.6 Å². The molecule has 1 heterocycles. The van der Waals surface area contributed by atoms with Gasteiger partial charge in [-0.15, -0.1) is 0 Å². The zero-order chi connectivity index (χ0) is 19.6. The van der Waals surface area contributed by atoms with Crippen molar-refractivity contribution in [1.82, 2.24) is 9.97 Å². The summed E-state index contributed by atoms with van der Waals surface area (Å²) in [6.07, 6.45) is 0. The van der Waals surface area contributed by atoms with Gasteiger partial charge in [0.2, 0.25) is 5.95 Å². The number of rotatable bonds is 4. The summed E-state index contributed by atoms with van der Waals surface area (Å²) in [5, 5.41) is 5.31. The molecule has 0 saturated heterocycles. The molecule has 138 valence electrons. The van der Waals surface area contributed by atoms with Crippen molar-refractivity contribution in [2.24, 2.45) is 0 Å². The molecule has 0 aliphatic rings. The minimum Gasteiger partial charge on any atom is -0.324 e. The highest BCUT2D eigenvalue weighted by molar-refractivity contribution is 6.03. The predicted molar refractivity (Wildman–Crippen MR) is 100 cm³/mol. The quantitative estimate of drug-likeness (QED) is 0.702. The van der Waals surface area contributed by atoms with Crippen LogP contribution in [0.4, 0.5) is 26.1 Å². The van der Waals surface area contributed by atoms with Gasteiger partial charge in [-0.05, 0) is 56.2 Å². The standard InChI is InChI=1S/C20H18F2N4O/c1-11-7-8-12(2)16(9-11)24-20-23-13(3)10-17(25-20)19(27)26-18-14(21)5-4-6-15(18)22/h4-10H,1-3H3,(H,26,27)(H,23,24,25). The van der Waals surface area contributed by atoms with E-state index in [0.717, 1.165) is 28.9 Å². The first-order chi connectivity index (χ1) is 12.8. The Hall–Kier alpha value is -3.35. The Bertz CT molecular complexity index is 1000. The highest BCUT2D eigenvalue weighted by Gasteiger charge is 2.16. The lowest BCUT2D eigenvalue weighted by molar-refractivity contribution is 0.102. The Morgan fingerprint density at radius 2 is 1.67 bits per heavy atom. The van der Waals surface area contributed by atoms with Crippen molar-refractivity contribution in [2.45, 2.75) is 20.8 Å². The molecule has 5 nitrogen and oxygen atoms in total. The molecule has 7 heteroatoms. The Kier molecular flexibility index (Phi) is 5.12. The molecule has 0 radical (unpaired) electrons. The van der Waals surface area contributed by atoms with E-state index in [2.05, 4.69) is 20.6 Å². The molecule has 0 bridgehead atoms. The number of carbonyl (C=O) groups is 1. The highest BCUT2D eigenvalue weighted by atomic mass is 19.1. The number of benzene rings is 2. The number of para-hydroxylation sites is 1. The van der Waals surface area contributed by atoms with Gasteiger partial charge in [-0.2, -0.15) is 0 Å². The van der Waals surface area contributed by atoms with Gasteiger partial charge < -0.3 is 10.6 Å². The zero-order valence-electron chi connectivity index (χ0n) is 15.1. The summed E-state index contributed by atoms with van der Waals surface area (Å²) in [6.45, 7) is 5.60. The molecule has 3 rings (SSSR count). The third-order valence-electron chi connectivity index (χ3n) is 3.93. The number of nitrogens with one attached hydrogen (secondary N) is 2. The van der Waals surface area contributed by atoms with Crippen molar-refractivity contribution >= 4 is 23.2 Å². The molecule has 1 amide bonds. The summed E-state index contributed by atoms with van der Waals surface area (Å²) < 4.78 is 27.5. The summed E-state index contributed by atoms with van der Waals surface area (Å²) in [5.41, 5.74) is 2.89. The molecule has 0 saturated carbocycles. The van der Waals surface area contributed by atoms with Gasteiger partial charge in [0.15, 0.2) is 0 Å². The number of hydrogen-bond donors (Lipinski definition) is 2. The van der Waals surface area contributed by atoms with Gasteiger partial charge in [-0.25, -0.2) is 18.7 Å². The number of aryl methyl sites for hydroxylation is 3. The van der Waals surface area contributed by atoms with Gasteiger partial charge in [0.25, 0.3) is 5.91 Å².